The fraction of sp³-hybridized carbons (Fsp3) is 0.450. The normalized spacial score (nSPS) is 16.6. The summed E-state index contributed by atoms with van der Waals surface area (Å²) in [6.45, 7) is 5.69. The van der Waals surface area contributed by atoms with Crippen molar-refractivity contribution in [3.05, 3.63) is 40.6 Å². The molecule has 0 unspecified atom stereocenters. The van der Waals surface area contributed by atoms with Crippen LogP contribution in [0.3, 0.4) is 0 Å². The van der Waals surface area contributed by atoms with Crippen LogP contribution in [0.2, 0.25) is 0 Å². The van der Waals surface area contributed by atoms with Crippen LogP contribution in [0.5, 0.6) is 5.88 Å². The van der Waals surface area contributed by atoms with Crippen molar-refractivity contribution in [2.45, 2.75) is 45.1 Å². The molecule has 1 aliphatic rings. The van der Waals surface area contributed by atoms with E-state index in [-0.39, 0.29) is 28.7 Å². The Hall–Kier alpha value is -2.31. The minimum absolute atomic E-state index is 0.0430. The number of sulfone groups is 1. The Morgan fingerprint density at radius 1 is 1.28 bits per heavy atom. The Morgan fingerprint density at radius 3 is 2.62 bits per heavy atom. The number of aromatic nitrogens is 2. The summed E-state index contributed by atoms with van der Waals surface area (Å²) >= 11 is 5.69. The summed E-state index contributed by atoms with van der Waals surface area (Å²) in [5, 5.41) is 8.23. The van der Waals surface area contributed by atoms with E-state index in [4.69, 9.17) is 21.2 Å². The highest BCUT2D eigenvalue weighted by Gasteiger charge is 2.32. The van der Waals surface area contributed by atoms with Crippen LogP contribution >= 0.6 is 12.2 Å². The average Bonchev–Trinajstić information content (AvgIpc) is 3.11. The summed E-state index contributed by atoms with van der Waals surface area (Å²) in [6.07, 6.45) is 2.09. The van der Waals surface area contributed by atoms with E-state index in [1.54, 1.807) is 19.9 Å². The summed E-state index contributed by atoms with van der Waals surface area (Å²) in [4.78, 5) is 5.39. The predicted octanol–water partition coefficient (Wildman–Crippen LogP) is 2.62. The number of rotatable bonds is 8. The van der Waals surface area contributed by atoms with Crippen LogP contribution in [-0.4, -0.2) is 55.8 Å². The highest BCUT2D eigenvalue weighted by molar-refractivity contribution is 7.91. The zero-order valence-electron chi connectivity index (χ0n) is 18.3. The molecular weight excluding hydrogens is 474 g/mol. The lowest BCUT2D eigenvalue weighted by Crippen LogP contribution is -2.24. The van der Waals surface area contributed by atoms with Gasteiger partial charge in [0.05, 0.1) is 38.7 Å². The highest BCUT2D eigenvalue weighted by atomic mass is 32.2. The van der Waals surface area contributed by atoms with Gasteiger partial charge in [-0.25, -0.2) is 13.1 Å². The smallest absolute Gasteiger partial charge is 0.310 e. The minimum atomic E-state index is -3.82. The van der Waals surface area contributed by atoms with Crippen molar-refractivity contribution in [2.24, 2.45) is 5.16 Å². The Kier molecular flexibility index (Phi) is 7.06. The molecule has 1 aromatic carbocycles. The largest absolute Gasteiger partial charge is 0.399 e. The number of fused-ring (bicyclic) bond motifs is 1. The first kappa shape index (κ1) is 24.3. The molecule has 0 aliphatic carbocycles. The average molecular weight is 500 g/mol. The molecule has 2 heterocycles. The fourth-order valence-corrected chi connectivity index (χ4v) is 6.52. The van der Waals surface area contributed by atoms with E-state index >= 15 is 0 Å². The second kappa shape index (κ2) is 9.28. The molecule has 0 spiro atoms. The quantitative estimate of drug-likeness (QED) is 0.235. The SMILES string of the molecule is CCCS(=O)(=O)Oc1c(C(=S)c2ccc3c(c2C)/C(=N\OC)CCS3(=O)=O)cnn1CC. The summed E-state index contributed by atoms with van der Waals surface area (Å²) in [7, 11) is -5.88. The predicted molar refractivity (Wildman–Crippen MR) is 125 cm³/mol. The molecule has 0 radical (unpaired) electrons. The number of hydrogen-bond acceptors (Lipinski definition) is 9. The summed E-state index contributed by atoms with van der Waals surface area (Å²) < 4.78 is 56.7. The maximum atomic E-state index is 12.6. The third-order valence-electron chi connectivity index (χ3n) is 5.10. The molecule has 12 heteroatoms. The molecule has 3 rings (SSSR count). The molecule has 0 fully saturated rings. The molecule has 32 heavy (non-hydrogen) atoms. The lowest BCUT2D eigenvalue weighted by atomic mass is 9.94. The van der Waals surface area contributed by atoms with E-state index in [0.29, 0.717) is 45.8 Å². The Balaban J connectivity index is 2.15. The third kappa shape index (κ3) is 4.57. The molecule has 0 amide bonds. The van der Waals surface area contributed by atoms with Gasteiger partial charge >= 0.3 is 10.1 Å². The first-order valence-electron chi connectivity index (χ1n) is 10.1. The Morgan fingerprint density at radius 2 is 2.00 bits per heavy atom. The first-order valence-corrected chi connectivity index (χ1v) is 13.7. The number of aryl methyl sites for hydroxylation is 1. The van der Waals surface area contributed by atoms with Crippen LogP contribution in [0.1, 0.15) is 48.9 Å². The molecule has 2 aromatic rings. The van der Waals surface area contributed by atoms with Crippen LogP contribution in [0, 0.1) is 6.92 Å². The summed E-state index contributed by atoms with van der Waals surface area (Å²) in [5.74, 6) is -0.149. The Labute approximate surface area is 193 Å². The van der Waals surface area contributed by atoms with Crippen LogP contribution in [0.25, 0.3) is 0 Å². The van der Waals surface area contributed by atoms with Gasteiger partial charge in [0.1, 0.15) is 7.11 Å². The molecule has 0 saturated heterocycles. The van der Waals surface area contributed by atoms with Crippen molar-refractivity contribution in [3.63, 3.8) is 0 Å². The second-order valence-electron chi connectivity index (χ2n) is 7.25. The molecule has 0 atom stereocenters. The van der Waals surface area contributed by atoms with E-state index in [9.17, 15) is 16.8 Å². The maximum Gasteiger partial charge on any atom is 0.310 e. The van der Waals surface area contributed by atoms with E-state index in [2.05, 4.69) is 10.3 Å². The first-order chi connectivity index (χ1) is 15.1. The van der Waals surface area contributed by atoms with Crippen molar-refractivity contribution in [1.29, 1.82) is 0 Å². The van der Waals surface area contributed by atoms with Crippen molar-refractivity contribution in [3.8, 4) is 5.88 Å². The van der Waals surface area contributed by atoms with Gasteiger partial charge in [0, 0.05) is 18.5 Å². The lowest BCUT2D eigenvalue weighted by molar-refractivity contribution is 0.213. The highest BCUT2D eigenvalue weighted by Crippen LogP contribution is 2.33. The minimum Gasteiger partial charge on any atom is -0.399 e. The fourth-order valence-electron chi connectivity index (χ4n) is 3.62. The molecule has 0 bridgehead atoms. The zero-order chi connectivity index (χ0) is 23.7. The number of thiocarbonyl (C=S) groups is 1. The molecule has 174 valence electrons. The van der Waals surface area contributed by atoms with Crippen molar-refractivity contribution in [2.75, 3.05) is 18.6 Å². The van der Waals surface area contributed by atoms with Gasteiger partial charge in [-0.05, 0) is 37.5 Å². The van der Waals surface area contributed by atoms with Gasteiger partial charge in [-0.2, -0.15) is 13.5 Å². The van der Waals surface area contributed by atoms with Gasteiger partial charge < -0.3 is 9.02 Å². The van der Waals surface area contributed by atoms with E-state index < -0.39 is 20.0 Å². The summed E-state index contributed by atoms with van der Waals surface area (Å²) in [6, 6.07) is 3.12. The number of nitrogens with zero attached hydrogens (tertiary/aromatic N) is 3. The van der Waals surface area contributed by atoms with Gasteiger partial charge in [0.25, 0.3) is 0 Å². The van der Waals surface area contributed by atoms with Crippen LogP contribution in [0.4, 0.5) is 0 Å². The zero-order valence-corrected chi connectivity index (χ0v) is 20.7. The van der Waals surface area contributed by atoms with Crippen molar-refractivity contribution >= 4 is 42.7 Å². The number of oxime groups is 1. The van der Waals surface area contributed by atoms with Gasteiger partial charge in [0.15, 0.2) is 9.84 Å². The third-order valence-corrected chi connectivity index (χ3v) is 8.61. The molecule has 1 aromatic heterocycles. The lowest BCUT2D eigenvalue weighted by Gasteiger charge is -2.22. The molecule has 0 saturated carbocycles. The number of hydrogen-bond donors (Lipinski definition) is 0. The molecule has 9 nitrogen and oxygen atoms in total. The second-order valence-corrected chi connectivity index (χ2v) is 11.4. The summed E-state index contributed by atoms with van der Waals surface area (Å²) in [5.41, 5.74) is 2.49. The monoisotopic (exact) mass is 499 g/mol. The van der Waals surface area contributed by atoms with Gasteiger partial charge in [0.2, 0.25) is 5.88 Å². The topological polar surface area (TPSA) is 117 Å². The van der Waals surface area contributed by atoms with E-state index in [1.807, 2.05) is 6.92 Å². The van der Waals surface area contributed by atoms with E-state index in [1.165, 1.54) is 24.1 Å². The van der Waals surface area contributed by atoms with Crippen LogP contribution in [0.15, 0.2) is 28.4 Å². The molecular formula is C20H25N3O6S3. The van der Waals surface area contributed by atoms with Crippen molar-refractivity contribution < 1.29 is 25.9 Å². The van der Waals surface area contributed by atoms with Gasteiger partial charge in [-0.3, -0.25) is 0 Å². The molecule has 1 aliphatic heterocycles. The van der Waals surface area contributed by atoms with Gasteiger partial charge in [-0.1, -0.05) is 30.4 Å². The number of benzene rings is 1. The maximum absolute atomic E-state index is 12.6. The van der Waals surface area contributed by atoms with E-state index in [0.717, 1.165) is 0 Å². The van der Waals surface area contributed by atoms with Crippen LogP contribution in [-0.2, 0) is 31.3 Å². The van der Waals surface area contributed by atoms with Crippen molar-refractivity contribution in [1.82, 2.24) is 9.78 Å². The molecule has 0 N–H and O–H groups in total. The van der Waals surface area contributed by atoms with Crippen LogP contribution < -0.4 is 4.18 Å². The standard InChI is InChI=1S/C20H25N3O6S3/c1-5-10-32(26,27)29-20-15(12-21-23(20)6-2)19(30)14-7-8-17-18(13(14)3)16(22-28-4)9-11-31(17,24)25/h7-8,12H,5-6,9-11H2,1-4H3/b22-16-. The van der Waals surface area contributed by atoms with Gasteiger partial charge in [-0.15, -0.1) is 0 Å². The Bertz CT molecular complexity index is 1290.